The fraction of sp³-hybridized carbons (Fsp3) is 0.286. The fourth-order valence-corrected chi connectivity index (χ4v) is 3.30. The number of para-hydroxylation sites is 2. The quantitative estimate of drug-likeness (QED) is 0.689. The number of benzene rings is 2. The van der Waals surface area contributed by atoms with Gasteiger partial charge in [0.2, 0.25) is 5.91 Å². The zero-order chi connectivity index (χ0) is 19.5. The van der Waals surface area contributed by atoms with Crippen molar-refractivity contribution in [3.8, 4) is 5.75 Å². The largest absolute Gasteiger partial charge is 0.482 e. The summed E-state index contributed by atoms with van der Waals surface area (Å²) in [4.78, 5) is 33.8. The minimum atomic E-state index is -0.131. The first-order chi connectivity index (χ1) is 13.6. The van der Waals surface area contributed by atoms with E-state index in [4.69, 9.17) is 4.74 Å². The number of anilines is 1. The summed E-state index contributed by atoms with van der Waals surface area (Å²) in [6.45, 7) is 2.78. The molecule has 1 aliphatic heterocycles. The molecule has 0 radical (unpaired) electrons. The number of nitrogens with one attached hydrogen (secondary N) is 2. The molecule has 2 amide bonds. The SMILES string of the molecule is Cc1ccc2c(c1)N(CCC(=O)NCCc1nc3ccccc3[nH]1)C(=O)CO2. The summed E-state index contributed by atoms with van der Waals surface area (Å²) in [5.74, 6) is 1.29. The summed E-state index contributed by atoms with van der Waals surface area (Å²) >= 11 is 0. The van der Waals surface area contributed by atoms with Gasteiger partial charge in [-0.05, 0) is 36.8 Å². The highest BCUT2D eigenvalue weighted by Gasteiger charge is 2.25. The topological polar surface area (TPSA) is 87.3 Å². The Kier molecular flexibility index (Phi) is 4.97. The van der Waals surface area contributed by atoms with Crippen LogP contribution >= 0.6 is 0 Å². The molecule has 0 bridgehead atoms. The van der Waals surface area contributed by atoms with Crippen LogP contribution < -0.4 is 15.0 Å². The van der Waals surface area contributed by atoms with Crippen molar-refractivity contribution < 1.29 is 14.3 Å². The smallest absolute Gasteiger partial charge is 0.265 e. The second-order valence-electron chi connectivity index (χ2n) is 6.86. The van der Waals surface area contributed by atoms with E-state index in [0.717, 1.165) is 28.1 Å². The third kappa shape index (κ3) is 3.83. The Morgan fingerprint density at radius 1 is 1.29 bits per heavy atom. The predicted molar refractivity (Wildman–Crippen MR) is 106 cm³/mol. The highest BCUT2D eigenvalue weighted by molar-refractivity contribution is 5.98. The predicted octanol–water partition coefficient (Wildman–Crippen LogP) is 2.35. The van der Waals surface area contributed by atoms with Crippen LogP contribution in [-0.4, -0.2) is 41.5 Å². The van der Waals surface area contributed by atoms with Crippen molar-refractivity contribution in [1.29, 1.82) is 0 Å². The van der Waals surface area contributed by atoms with Crippen LogP contribution in [0.15, 0.2) is 42.5 Å². The molecule has 1 aromatic heterocycles. The van der Waals surface area contributed by atoms with Gasteiger partial charge in [-0.25, -0.2) is 4.98 Å². The lowest BCUT2D eigenvalue weighted by atomic mass is 10.1. The molecule has 28 heavy (non-hydrogen) atoms. The minimum absolute atomic E-state index is 0.00370. The number of carbonyl (C=O) groups excluding carboxylic acids is 2. The third-order valence-corrected chi connectivity index (χ3v) is 4.74. The number of amides is 2. The first kappa shape index (κ1) is 18.0. The van der Waals surface area contributed by atoms with Gasteiger partial charge in [0.05, 0.1) is 16.7 Å². The Hall–Kier alpha value is -3.35. The van der Waals surface area contributed by atoms with Gasteiger partial charge in [-0.1, -0.05) is 18.2 Å². The summed E-state index contributed by atoms with van der Waals surface area (Å²) in [5.41, 5.74) is 3.68. The van der Waals surface area contributed by atoms with Gasteiger partial charge in [0.25, 0.3) is 5.91 Å². The van der Waals surface area contributed by atoms with Crippen LogP contribution in [0.4, 0.5) is 5.69 Å². The van der Waals surface area contributed by atoms with Crippen molar-refractivity contribution in [2.24, 2.45) is 0 Å². The van der Waals surface area contributed by atoms with Crippen LogP contribution in [0.1, 0.15) is 17.8 Å². The lowest BCUT2D eigenvalue weighted by Crippen LogP contribution is -2.41. The molecule has 3 aromatic rings. The number of fused-ring (bicyclic) bond motifs is 2. The van der Waals surface area contributed by atoms with E-state index in [2.05, 4.69) is 15.3 Å². The lowest BCUT2D eigenvalue weighted by molar-refractivity contribution is -0.122. The zero-order valence-corrected chi connectivity index (χ0v) is 15.7. The van der Waals surface area contributed by atoms with E-state index in [1.54, 1.807) is 4.90 Å². The van der Waals surface area contributed by atoms with Crippen LogP contribution in [0.5, 0.6) is 5.75 Å². The molecule has 2 heterocycles. The highest BCUT2D eigenvalue weighted by Crippen LogP contribution is 2.32. The number of rotatable bonds is 6. The summed E-state index contributed by atoms with van der Waals surface area (Å²) in [6, 6.07) is 13.5. The molecule has 0 atom stereocenters. The average molecular weight is 378 g/mol. The van der Waals surface area contributed by atoms with Gasteiger partial charge in [-0.15, -0.1) is 0 Å². The van der Waals surface area contributed by atoms with Gasteiger partial charge in [-0.2, -0.15) is 0 Å². The van der Waals surface area contributed by atoms with Crippen LogP contribution in [0.25, 0.3) is 11.0 Å². The molecule has 4 rings (SSSR count). The minimum Gasteiger partial charge on any atom is -0.482 e. The van der Waals surface area contributed by atoms with Crippen molar-refractivity contribution in [3.63, 3.8) is 0 Å². The number of aromatic nitrogens is 2. The Balaban J connectivity index is 1.30. The molecular weight excluding hydrogens is 356 g/mol. The second-order valence-corrected chi connectivity index (χ2v) is 6.86. The lowest BCUT2D eigenvalue weighted by Gasteiger charge is -2.29. The number of nitrogens with zero attached hydrogens (tertiary/aromatic N) is 2. The molecule has 0 fully saturated rings. The number of ether oxygens (including phenoxy) is 1. The molecule has 2 N–H and O–H groups in total. The number of aryl methyl sites for hydroxylation is 1. The average Bonchev–Trinajstić information content (AvgIpc) is 3.10. The molecule has 0 spiro atoms. The summed E-state index contributed by atoms with van der Waals surface area (Å²) in [5, 5.41) is 2.90. The monoisotopic (exact) mass is 378 g/mol. The standard InChI is InChI=1S/C21H22N4O3/c1-14-6-7-18-17(12-14)25(21(27)13-28-18)11-9-20(26)22-10-8-19-23-15-4-2-3-5-16(15)24-19/h2-7,12H,8-11,13H2,1H3,(H,22,26)(H,23,24). The van der Waals surface area contributed by atoms with Crippen molar-refractivity contribution in [3.05, 3.63) is 53.9 Å². The van der Waals surface area contributed by atoms with Gasteiger partial charge >= 0.3 is 0 Å². The molecule has 0 unspecified atom stereocenters. The Bertz CT molecular complexity index is 994. The van der Waals surface area contributed by atoms with E-state index >= 15 is 0 Å². The number of carbonyl (C=O) groups is 2. The molecule has 0 saturated carbocycles. The second kappa shape index (κ2) is 7.72. The maximum atomic E-state index is 12.2. The van der Waals surface area contributed by atoms with Crippen molar-refractivity contribution in [1.82, 2.24) is 15.3 Å². The summed E-state index contributed by atoms with van der Waals surface area (Å²) in [6.07, 6.45) is 0.859. The van der Waals surface area contributed by atoms with E-state index in [0.29, 0.717) is 25.3 Å². The maximum Gasteiger partial charge on any atom is 0.265 e. The first-order valence-electron chi connectivity index (χ1n) is 9.34. The molecule has 0 aliphatic carbocycles. The number of imidazole rings is 1. The molecule has 2 aromatic carbocycles. The summed E-state index contributed by atoms with van der Waals surface area (Å²) in [7, 11) is 0. The fourth-order valence-electron chi connectivity index (χ4n) is 3.30. The highest BCUT2D eigenvalue weighted by atomic mass is 16.5. The first-order valence-corrected chi connectivity index (χ1v) is 9.34. The van der Waals surface area contributed by atoms with Crippen LogP contribution in [-0.2, 0) is 16.0 Å². The Labute approximate surface area is 162 Å². The van der Waals surface area contributed by atoms with Gasteiger partial charge in [-0.3, -0.25) is 9.59 Å². The molecule has 7 heteroatoms. The third-order valence-electron chi connectivity index (χ3n) is 4.74. The van der Waals surface area contributed by atoms with E-state index in [9.17, 15) is 9.59 Å². The maximum absolute atomic E-state index is 12.2. The van der Waals surface area contributed by atoms with Gasteiger partial charge in [0.15, 0.2) is 6.61 Å². The van der Waals surface area contributed by atoms with E-state index in [-0.39, 0.29) is 24.8 Å². The van der Waals surface area contributed by atoms with Crippen molar-refractivity contribution in [2.75, 3.05) is 24.6 Å². The molecule has 1 aliphatic rings. The van der Waals surface area contributed by atoms with E-state index in [1.165, 1.54) is 0 Å². The van der Waals surface area contributed by atoms with Gasteiger partial charge in [0.1, 0.15) is 11.6 Å². The Morgan fingerprint density at radius 2 is 2.14 bits per heavy atom. The van der Waals surface area contributed by atoms with Crippen molar-refractivity contribution >= 4 is 28.5 Å². The van der Waals surface area contributed by atoms with Crippen LogP contribution in [0, 0.1) is 6.92 Å². The number of hydrogen-bond acceptors (Lipinski definition) is 4. The summed E-state index contributed by atoms with van der Waals surface area (Å²) < 4.78 is 5.46. The van der Waals surface area contributed by atoms with Crippen LogP contribution in [0.2, 0.25) is 0 Å². The van der Waals surface area contributed by atoms with E-state index < -0.39 is 0 Å². The Morgan fingerprint density at radius 3 is 3.00 bits per heavy atom. The number of H-pyrrole nitrogens is 1. The molecule has 7 nitrogen and oxygen atoms in total. The number of hydrogen-bond donors (Lipinski definition) is 2. The normalized spacial score (nSPS) is 13.3. The van der Waals surface area contributed by atoms with Crippen LogP contribution in [0.3, 0.4) is 0 Å². The van der Waals surface area contributed by atoms with E-state index in [1.807, 2.05) is 49.4 Å². The van der Waals surface area contributed by atoms with Gasteiger partial charge < -0.3 is 19.9 Å². The van der Waals surface area contributed by atoms with Gasteiger partial charge in [0, 0.05) is 25.9 Å². The number of aromatic amines is 1. The van der Waals surface area contributed by atoms with Crippen molar-refractivity contribution in [2.45, 2.75) is 19.8 Å². The molecular formula is C21H22N4O3. The molecule has 144 valence electrons. The molecule has 0 saturated heterocycles. The zero-order valence-electron chi connectivity index (χ0n) is 15.7.